The van der Waals surface area contributed by atoms with Crippen molar-refractivity contribution in [3.8, 4) is 10.6 Å². The molecule has 9 heteroatoms. The molecule has 0 bridgehead atoms. The van der Waals surface area contributed by atoms with Crippen LogP contribution in [0, 0.1) is 56.7 Å². The maximum atomic E-state index is 14.9. The Bertz CT molecular complexity index is 1260. The average molecular weight is 818 g/mol. The molecule has 226 valence electrons. The van der Waals surface area contributed by atoms with Crippen LogP contribution < -0.4 is 5.32 Å². The van der Waals surface area contributed by atoms with E-state index in [2.05, 4.69) is 79.8 Å². The fraction of sp³-hybridized carbons (Fsp3) is 0.515. The largest absolute Gasteiger partial charge is 2.00 e. The van der Waals surface area contributed by atoms with Gasteiger partial charge in [0.1, 0.15) is 11.5 Å². The smallest absolute Gasteiger partial charge is 0.343 e. The molecular weight excluding hydrogens is 771 g/mol. The summed E-state index contributed by atoms with van der Waals surface area (Å²) in [6, 6.07) is 5.74. The molecule has 0 aromatic carbocycles. The van der Waals surface area contributed by atoms with Crippen LogP contribution in [0.4, 0.5) is 16.2 Å². The van der Waals surface area contributed by atoms with Crippen LogP contribution in [-0.2, 0) is 5.41 Å². The van der Waals surface area contributed by atoms with E-state index in [0.717, 1.165) is 49.3 Å². The third-order valence-corrected chi connectivity index (χ3v) is 9.63. The number of hydrogen-bond donors (Lipinski definition) is 1. The van der Waals surface area contributed by atoms with Crippen LogP contribution in [-0.4, -0.2) is 45.8 Å². The molecule has 6 nitrogen and oxygen atoms in total. The first-order valence-corrected chi connectivity index (χ1v) is 15.6. The van der Waals surface area contributed by atoms with Gasteiger partial charge in [0, 0.05) is 16.6 Å². The number of Topliss-reactive ketones (excluding diaryl/α,β-unsaturated/α-hetero) is 1. The van der Waals surface area contributed by atoms with Crippen LogP contribution >= 0.6 is 11.3 Å². The minimum atomic E-state index is -0.541. The molecule has 0 saturated carbocycles. The van der Waals surface area contributed by atoms with Gasteiger partial charge < -0.3 is 24.1 Å². The van der Waals surface area contributed by atoms with Crippen molar-refractivity contribution in [1.82, 2.24) is 19.9 Å². The SMILES string of the molecule is CCC(C)C.[CH2-]CC(C[CH2-])(CC)c1sc(-c2nc(Nc3ccc(C4CCN(C)CC4)cn3)ncc2F)cc1C(C)=O.[U+2]. The van der Waals surface area contributed by atoms with Gasteiger partial charge in [-0.1, -0.05) is 46.6 Å². The van der Waals surface area contributed by atoms with Crippen LogP contribution in [0.5, 0.6) is 0 Å². The number of hydrogen-bond acceptors (Lipinski definition) is 7. The van der Waals surface area contributed by atoms with E-state index >= 15 is 0 Å². The third-order valence-electron chi connectivity index (χ3n) is 8.24. The van der Waals surface area contributed by atoms with Crippen molar-refractivity contribution in [1.29, 1.82) is 0 Å². The van der Waals surface area contributed by atoms with E-state index in [-0.39, 0.29) is 54.0 Å². The van der Waals surface area contributed by atoms with Crippen molar-refractivity contribution in [3.05, 3.63) is 66.3 Å². The van der Waals surface area contributed by atoms with Gasteiger partial charge in [0.2, 0.25) is 5.95 Å². The first kappa shape index (κ1) is 36.5. The predicted octanol–water partition coefficient (Wildman–Crippen LogP) is 8.64. The van der Waals surface area contributed by atoms with E-state index in [1.54, 1.807) is 6.07 Å². The number of carbonyl (C=O) groups excluding carboxylic acids is 1. The quantitative estimate of drug-likeness (QED) is 0.163. The number of nitrogens with one attached hydrogen (secondary N) is 1. The number of halogens is 1. The predicted molar refractivity (Wildman–Crippen MR) is 169 cm³/mol. The molecule has 1 aliphatic heterocycles. The van der Waals surface area contributed by atoms with Crippen LogP contribution in [0.15, 0.2) is 30.6 Å². The minimum Gasteiger partial charge on any atom is -0.343 e. The Kier molecular flexibility index (Phi) is 14.8. The number of pyridine rings is 1. The molecule has 1 fully saturated rings. The van der Waals surface area contributed by atoms with E-state index in [0.29, 0.717) is 35.0 Å². The van der Waals surface area contributed by atoms with Crippen molar-refractivity contribution < 1.29 is 40.3 Å². The number of aromatic nitrogens is 3. The Balaban J connectivity index is 0.000000947. The molecule has 0 aliphatic carbocycles. The molecule has 4 heterocycles. The van der Waals surface area contributed by atoms with E-state index in [1.807, 2.05) is 12.3 Å². The van der Waals surface area contributed by atoms with Crippen LogP contribution in [0.3, 0.4) is 0 Å². The standard InChI is InChI=1S/C28H34FN5OS.C5H12.U/c1-6-28(7-2,8-3)26-21(18(4)35)15-23(36-26)25-22(29)17-31-27(33-25)32-24-10-9-20(16-30-24)19-11-13-34(5)14-12-19;1-4-5(2)3;/h9-10,15-17,19H,1-2,6-8,11-14H2,3-5H3,(H,30,31,32,33);5H,4H2,1-3H3;/q-2;;+2. The second kappa shape index (κ2) is 17.0. The summed E-state index contributed by atoms with van der Waals surface area (Å²) in [5.74, 6) is 1.65. The van der Waals surface area contributed by atoms with Crippen LogP contribution in [0.25, 0.3) is 10.6 Å². The van der Waals surface area contributed by atoms with Gasteiger partial charge in [0.05, 0.1) is 11.1 Å². The molecular formula is C33H46FN5OSU. The fourth-order valence-electron chi connectivity index (χ4n) is 4.81. The van der Waals surface area contributed by atoms with E-state index in [1.165, 1.54) is 30.2 Å². The summed E-state index contributed by atoms with van der Waals surface area (Å²) in [5, 5.41) is 3.10. The normalized spacial score (nSPS) is 14.2. The Morgan fingerprint density at radius 2 is 1.81 bits per heavy atom. The summed E-state index contributed by atoms with van der Waals surface area (Å²) < 4.78 is 14.9. The summed E-state index contributed by atoms with van der Waals surface area (Å²) in [5.41, 5.74) is 1.65. The fourth-order valence-corrected chi connectivity index (χ4v) is 6.32. The molecule has 1 aliphatic rings. The van der Waals surface area contributed by atoms with Crippen molar-refractivity contribution in [3.63, 3.8) is 0 Å². The minimum absolute atomic E-state index is 0. The van der Waals surface area contributed by atoms with Gasteiger partial charge >= 0.3 is 31.1 Å². The zero-order valence-corrected chi connectivity index (χ0v) is 31.1. The Labute approximate surface area is 280 Å². The summed E-state index contributed by atoms with van der Waals surface area (Å²) in [4.78, 5) is 29.4. The van der Waals surface area contributed by atoms with Gasteiger partial charge in [-0.2, -0.15) is 12.8 Å². The number of likely N-dealkylation sites (tertiary alicyclic amines) is 1. The number of rotatable bonds is 10. The second-order valence-corrected chi connectivity index (χ2v) is 12.5. The van der Waals surface area contributed by atoms with Gasteiger partial charge in [0.25, 0.3) is 0 Å². The van der Waals surface area contributed by atoms with E-state index in [4.69, 9.17) is 0 Å². The molecule has 3 aromatic heterocycles. The molecule has 0 spiro atoms. The first-order chi connectivity index (χ1) is 19.6. The maximum absolute atomic E-state index is 14.9. The summed E-state index contributed by atoms with van der Waals surface area (Å²) in [6.07, 6.45) is 8.61. The van der Waals surface area contributed by atoms with Crippen molar-refractivity contribution in [2.75, 3.05) is 25.5 Å². The van der Waals surface area contributed by atoms with E-state index < -0.39 is 5.82 Å². The van der Waals surface area contributed by atoms with Gasteiger partial charge in [-0.15, -0.1) is 11.3 Å². The van der Waals surface area contributed by atoms with Crippen LogP contribution in [0.2, 0.25) is 0 Å². The molecule has 3 aromatic rings. The molecule has 42 heavy (non-hydrogen) atoms. The number of piperidine rings is 1. The molecule has 1 N–H and O–H groups in total. The number of thiophene rings is 1. The van der Waals surface area contributed by atoms with Crippen molar-refractivity contribution in [2.24, 2.45) is 5.92 Å². The Morgan fingerprint density at radius 1 is 1.17 bits per heavy atom. The van der Waals surface area contributed by atoms with E-state index in [9.17, 15) is 9.18 Å². The zero-order chi connectivity index (χ0) is 30.2. The number of carbonyl (C=O) groups is 1. The average Bonchev–Trinajstić information content (AvgIpc) is 3.43. The Hall–Kier alpha value is -1.66. The molecule has 4 rings (SSSR count). The molecule has 0 radical (unpaired) electrons. The van der Waals surface area contributed by atoms with Crippen molar-refractivity contribution >= 4 is 28.9 Å². The Morgan fingerprint density at radius 3 is 2.31 bits per heavy atom. The summed E-state index contributed by atoms with van der Waals surface area (Å²) >= 11 is 1.39. The number of anilines is 2. The van der Waals surface area contributed by atoms with Gasteiger partial charge in [0.15, 0.2) is 11.6 Å². The maximum Gasteiger partial charge on any atom is 2.00 e. The first-order valence-electron chi connectivity index (χ1n) is 14.8. The molecule has 0 amide bonds. The number of nitrogens with zero attached hydrogens (tertiary/aromatic N) is 4. The monoisotopic (exact) mass is 817 g/mol. The summed E-state index contributed by atoms with van der Waals surface area (Å²) in [6.45, 7) is 20.7. The molecule has 1 saturated heterocycles. The zero-order valence-electron chi connectivity index (χ0n) is 26.1. The van der Waals surface area contributed by atoms with Crippen molar-refractivity contribution in [2.45, 2.75) is 84.5 Å². The van der Waals surface area contributed by atoms with Crippen LogP contribution in [0.1, 0.15) is 99.9 Å². The topological polar surface area (TPSA) is 71.0 Å². The number of ketones is 1. The van der Waals surface area contributed by atoms with Gasteiger partial charge in [-0.25, -0.2) is 19.3 Å². The van der Waals surface area contributed by atoms with Gasteiger partial charge in [-0.3, -0.25) is 4.79 Å². The summed E-state index contributed by atoms with van der Waals surface area (Å²) in [7, 11) is 2.15. The molecule has 0 unspecified atom stereocenters. The second-order valence-electron chi connectivity index (χ2n) is 11.4. The van der Waals surface area contributed by atoms with Gasteiger partial charge in [-0.05, 0) is 74.8 Å². The molecule has 0 atom stereocenters. The third kappa shape index (κ3) is 9.17.